The van der Waals surface area contributed by atoms with E-state index in [9.17, 15) is 22.8 Å². The number of halogens is 3. The Morgan fingerprint density at radius 2 is 1.95 bits per heavy atom. The molecule has 0 atom stereocenters. The minimum absolute atomic E-state index is 0.284. The number of carbonyl (C=O) groups is 2. The Kier molecular flexibility index (Phi) is 4.19. The molecule has 21 heavy (non-hydrogen) atoms. The summed E-state index contributed by atoms with van der Waals surface area (Å²) in [7, 11) is 0. The molecule has 116 valence electrons. The number of alkyl halides is 3. The lowest BCUT2D eigenvalue weighted by Crippen LogP contribution is -2.41. The van der Waals surface area contributed by atoms with Gasteiger partial charge in [-0.3, -0.25) is 14.3 Å². The minimum atomic E-state index is -4.53. The minimum Gasteiger partial charge on any atom is -0.481 e. The van der Waals surface area contributed by atoms with Crippen LogP contribution < -0.4 is 0 Å². The quantitative estimate of drug-likeness (QED) is 0.911. The number of nitrogens with zero attached hydrogens (tertiary/aromatic N) is 3. The Hall–Kier alpha value is -2.06. The van der Waals surface area contributed by atoms with E-state index in [4.69, 9.17) is 5.11 Å². The number of likely N-dealkylation sites (tertiary alicyclic amines) is 1. The van der Waals surface area contributed by atoms with Gasteiger partial charge in [0.25, 0.3) is 0 Å². The molecule has 1 N–H and O–H groups in total. The first kappa shape index (κ1) is 15.3. The molecule has 1 amide bonds. The van der Waals surface area contributed by atoms with Crippen LogP contribution >= 0.6 is 0 Å². The summed E-state index contributed by atoms with van der Waals surface area (Å²) in [6.07, 6.45) is -2.72. The molecule has 2 rings (SSSR count). The third kappa shape index (κ3) is 3.73. The van der Waals surface area contributed by atoms with Crippen LogP contribution in [-0.2, 0) is 22.3 Å². The number of rotatable bonds is 3. The van der Waals surface area contributed by atoms with E-state index in [0.717, 1.165) is 16.9 Å². The summed E-state index contributed by atoms with van der Waals surface area (Å²) in [5.41, 5.74) is -1.04. The summed E-state index contributed by atoms with van der Waals surface area (Å²) in [6, 6.07) is 0.809. The van der Waals surface area contributed by atoms with Crippen LogP contribution in [0.5, 0.6) is 0 Å². The number of carboxylic acid groups (broad SMARTS) is 1. The number of hydrogen-bond donors (Lipinski definition) is 1. The maximum atomic E-state index is 12.4. The van der Waals surface area contributed by atoms with Gasteiger partial charge in [-0.2, -0.15) is 18.3 Å². The average Bonchev–Trinajstić information content (AvgIpc) is 2.87. The van der Waals surface area contributed by atoms with Crippen molar-refractivity contribution < 1.29 is 27.9 Å². The number of carboxylic acids is 1. The Morgan fingerprint density at radius 3 is 2.43 bits per heavy atom. The van der Waals surface area contributed by atoms with E-state index < -0.39 is 23.8 Å². The molecule has 2 heterocycles. The fraction of sp³-hybridized carbons (Fsp3) is 0.583. The van der Waals surface area contributed by atoms with Gasteiger partial charge in [-0.25, -0.2) is 0 Å². The van der Waals surface area contributed by atoms with Gasteiger partial charge < -0.3 is 10.0 Å². The predicted octanol–water partition coefficient (Wildman–Crippen LogP) is 1.23. The Morgan fingerprint density at radius 1 is 1.33 bits per heavy atom. The van der Waals surface area contributed by atoms with E-state index in [2.05, 4.69) is 5.10 Å². The molecular formula is C12H14F3N3O3. The highest BCUT2D eigenvalue weighted by Gasteiger charge is 2.34. The lowest BCUT2D eigenvalue weighted by molar-refractivity contribution is -0.146. The van der Waals surface area contributed by atoms with Crippen LogP contribution in [0.25, 0.3) is 0 Å². The standard InChI is InChI=1S/C12H14F3N3O3/c13-12(14,15)9-3-6-18(16-9)7-10(19)17-4-1-8(2-5-17)11(20)21/h3,6,8H,1-2,4-5,7H2,(H,20,21). The lowest BCUT2D eigenvalue weighted by atomic mass is 9.97. The van der Waals surface area contributed by atoms with Crippen molar-refractivity contribution in [1.29, 1.82) is 0 Å². The van der Waals surface area contributed by atoms with Crippen molar-refractivity contribution in [2.45, 2.75) is 25.6 Å². The molecule has 1 aromatic heterocycles. The molecule has 0 spiro atoms. The van der Waals surface area contributed by atoms with Crippen LogP contribution in [-0.4, -0.2) is 44.8 Å². The molecule has 1 aromatic rings. The molecular weight excluding hydrogens is 291 g/mol. The fourth-order valence-corrected chi connectivity index (χ4v) is 2.22. The first-order valence-electron chi connectivity index (χ1n) is 6.38. The summed E-state index contributed by atoms with van der Waals surface area (Å²) < 4.78 is 38.1. The van der Waals surface area contributed by atoms with Crippen molar-refractivity contribution in [1.82, 2.24) is 14.7 Å². The third-order valence-electron chi connectivity index (χ3n) is 3.43. The van der Waals surface area contributed by atoms with Gasteiger partial charge in [0.2, 0.25) is 5.91 Å². The molecule has 0 bridgehead atoms. The maximum absolute atomic E-state index is 12.4. The second-order valence-electron chi connectivity index (χ2n) is 4.89. The summed E-state index contributed by atoms with van der Waals surface area (Å²) in [6.45, 7) is 0.306. The van der Waals surface area contributed by atoms with Crippen molar-refractivity contribution in [2.75, 3.05) is 13.1 Å². The van der Waals surface area contributed by atoms with Gasteiger partial charge in [0, 0.05) is 19.3 Å². The van der Waals surface area contributed by atoms with Gasteiger partial charge in [0.1, 0.15) is 6.54 Å². The van der Waals surface area contributed by atoms with Crippen LogP contribution in [0.15, 0.2) is 12.3 Å². The molecule has 6 nitrogen and oxygen atoms in total. The van der Waals surface area contributed by atoms with E-state index in [1.54, 1.807) is 0 Å². The van der Waals surface area contributed by atoms with E-state index in [1.807, 2.05) is 0 Å². The molecule has 1 aliphatic heterocycles. The Balaban J connectivity index is 1.91. The number of aliphatic carboxylic acids is 1. The number of aromatic nitrogens is 2. The van der Waals surface area contributed by atoms with Gasteiger partial charge in [-0.15, -0.1) is 0 Å². The highest BCUT2D eigenvalue weighted by atomic mass is 19.4. The Labute approximate surface area is 118 Å². The second-order valence-corrected chi connectivity index (χ2v) is 4.89. The molecule has 0 aromatic carbocycles. The lowest BCUT2D eigenvalue weighted by Gasteiger charge is -2.30. The zero-order valence-corrected chi connectivity index (χ0v) is 11.0. The van der Waals surface area contributed by atoms with Gasteiger partial charge >= 0.3 is 12.1 Å². The molecule has 0 radical (unpaired) electrons. The number of amides is 1. The monoisotopic (exact) mass is 305 g/mol. The largest absolute Gasteiger partial charge is 0.481 e. The highest BCUT2D eigenvalue weighted by Crippen LogP contribution is 2.27. The summed E-state index contributed by atoms with van der Waals surface area (Å²) in [5, 5.41) is 12.2. The van der Waals surface area contributed by atoms with Crippen molar-refractivity contribution >= 4 is 11.9 Å². The zero-order chi connectivity index (χ0) is 15.6. The molecule has 1 saturated heterocycles. The molecule has 9 heteroatoms. The number of carbonyl (C=O) groups excluding carboxylic acids is 1. The Bertz CT molecular complexity index is 533. The van der Waals surface area contributed by atoms with Crippen LogP contribution in [0.4, 0.5) is 13.2 Å². The van der Waals surface area contributed by atoms with Crippen LogP contribution in [0.2, 0.25) is 0 Å². The van der Waals surface area contributed by atoms with Gasteiger partial charge in [-0.1, -0.05) is 0 Å². The van der Waals surface area contributed by atoms with Crippen LogP contribution in [0.3, 0.4) is 0 Å². The van der Waals surface area contributed by atoms with Crippen molar-refractivity contribution in [3.05, 3.63) is 18.0 Å². The first-order valence-corrected chi connectivity index (χ1v) is 6.38. The SMILES string of the molecule is O=C(O)C1CCN(C(=O)Cn2ccc(C(F)(F)F)n2)CC1. The van der Waals surface area contributed by atoms with Crippen LogP contribution in [0, 0.1) is 5.92 Å². The average molecular weight is 305 g/mol. The predicted molar refractivity (Wildman–Crippen MR) is 64.2 cm³/mol. The normalized spacial score (nSPS) is 17.0. The summed E-state index contributed by atoms with van der Waals surface area (Å²) in [5.74, 6) is -1.71. The summed E-state index contributed by atoms with van der Waals surface area (Å²) in [4.78, 5) is 24.2. The van der Waals surface area contributed by atoms with Gasteiger partial charge in [-0.05, 0) is 18.9 Å². The first-order chi connectivity index (χ1) is 9.77. The van der Waals surface area contributed by atoms with Gasteiger partial charge in [0.05, 0.1) is 5.92 Å². The van der Waals surface area contributed by atoms with Gasteiger partial charge in [0.15, 0.2) is 5.69 Å². The fourth-order valence-electron chi connectivity index (χ4n) is 2.22. The molecule has 0 aliphatic carbocycles. The van der Waals surface area contributed by atoms with Crippen molar-refractivity contribution in [3.63, 3.8) is 0 Å². The molecule has 1 aliphatic rings. The van der Waals surface area contributed by atoms with Crippen molar-refractivity contribution in [3.8, 4) is 0 Å². The molecule has 1 fully saturated rings. The second kappa shape index (κ2) is 5.74. The topological polar surface area (TPSA) is 75.4 Å². The molecule has 0 saturated carbocycles. The van der Waals surface area contributed by atoms with E-state index in [-0.39, 0.29) is 12.5 Å². The number of hydrogen-bond acceptors (Lipinski definition) is 3. The van der Waals surface area contributed by atoms with E-state index >= 15 is 0 Å². The van der Waals surface area contributed by atoms with E-state index in [1.165, 1.54) is 4.90 Å². The molecule has 0 unspecified atom stereocenters. The summed E-state index contributed by atoms with van der Waals surface area (Å²) >= 11 is 0. The number of piperidine rings is 1. The third-order valence-corrected chi connectivity index (χ3v) is 3.43. The van der Waals surface area contributed by atoms with E-state index in [0.29, 0.717) is 25.9 Å². The van der Waals surface area contributed by atoms with Crippen molar-refractivity contribution in [2.24, 2.45) is 5.92 Å². The van der Waals surface area contributed by atoms with Crippen LogP contribution in [0.1, 0.15) is 18.5 Å². The smallest absolute Gasteiger partial charge is 0.435 e. The maximum Gasteiger partial charge on any atom is 0.435 e. The highest BCUT2D eigenvalue weighted by molar-refractivity contribution is 5.76. The zero-order valence-electron chi connectivity index (χ0n) is 11.0.